The molecule has 0 aliphatic heterocycles. The first-order valence-electron chi connectivity index (χ1n) is 20.2. The maximum absolute atomic E-state index is 2.25. The summed E-state index contributed by atoms with van der Waals surface area (Å²) in [5.41, 5.74) is 7.00. The van der Waals surface area contributed by atoms with Gasteiger partial charge in [-0.3, -0.25) is 0 Å². The van der Waals surface area contributed by atoms with Crippen molar-refractivity contribution in [2.75, 3.05) is 9.80 Å². The molecule has 0 N–H and O–H groups in total. The molecule has 54 heavy (non-hydrogen) atoms. The summed E-state index contributed by atoms with van der Waals surface area (Å²) in [6, 6.07) is 62.5. The standard InChI is InChI=1S/2C18H15N.C3H8.6C2H6.CH4/c2*1-4-10-16(11-5-1)19(17-12-6-2-7-13-17)18-14-8-3-9-15-18;1-3-2;6*1-2;/h2*1-15H;3H2,1-2H3;6*1-2H3;1H4. The summed E-state index contributed by atoms with van der Waals surface area (Å²) in [5.74, 6) is 0. The van der Waals surface area contributed by atoms with Crippen LogP contribution in [-0.2, 0) is 0 Å². The van der Waals surface area contributed by atoms with Crippen molar-refractivity contribution in [3.8, 4) is 0 Å². The van der Waals surface area contributed by atoms with Gasteiger partial charge in [0, 0.05) is 34.1 Å². The summed E-state index contributed by atoms with van der Waals surface area (Å²) >= 11 is 0. The Morgan fingerprint density at radius 3 is 0.426 bits per heavy atom. The van der Waals surface area contributed by atoms with E-state index in [0.717, 1.165) is 0 Å². The lowest BCUT2D eigenvalue weighted by molar-refractivity contribution is 1.09. The molecule has 0 spiro atoms. The van der Waals surface area contributed by atoms with Crippen LogP contribution in [0.15, 0.2) is 182 Å². The van der Waals surface area contributed by atoms with Gasteiger partial charge in [-0.25, -0.2) is 0 Å². The molecule has 6 aromatic carbocycles. The molecule has 6 aromatic rings. The molecular formula is C52H78N2. The van der Waals surface area contributed by atoms with Crippen molar-refractivity contribution in [2.45, 2.75) is 111 Å². The van der Waals surface area contributed by atoms with Crippen LogP contribution in [0.2, 0.25) is 0 Å². The van der Waals surface area contributed by atoms with E-state index >= 15 is 0 Å². The van der Waals surface area contributed by atoms with Crippen molar-refractivity contribution in [2.24, 2.45) is 0 Å². The summed E-state index contributed by atoms with van der Waals surface area (Å²) in [5, 5.41) is 0. The lowest BCUT2D eigenvalue weighted by atomic mass is 10.2. The smallest absolute Gasteiger partial charge is 0.0461 e. The highest BCUT2D eigenvalue weighted by atomic mass is 15.1. The van der Waals surface area contributed by atoms with E-state index in [2.05, 4.69) is 169 Å². The predicted molar refractivity (Wildman–Crippen MR) is 253 cm³/mol. The number of benzene rings is 6. The van der Waals surface area contributed by atoms with Gasteiger partial charge >= 0.3 is 0 Å². The maximum atomic E-state index is 2.25. The zero-order valence-corrected chi connectivity index (χ0v) is 35.9. The van der Waals surface area contributed by atoms with E-state index in [-0.39, 0.29) is 7.43 Å². The molecule has 0 bridgehead atoms. The second kappa shape index (κ2) is 42.3. The van der Waals surface area contributed by atoms with Crippen molar-refractivity contribution in [1.82, 2.24) is 0 Å². The minimum atomic E-state index is 0. The molecule has 296 valence electrons. The van der Waals surface area contributed by atoms with E-state index in [4.69, 9.17) is 0 Å². The van der Waals surface area contributed by atoms with E-state index in [1.54, 1.807) is 0 Å². The fourth-order valence-corrected chi connectivity index (χ4v) is 4.36. The van der Waals surface area contributed by atoms with Gasteiger partial charge < -0.3 is 9.80 Å². The van der Waals surface area contributed by atoms with Crippen molar-refractivity contribution in [1.29, 1.82) is 0 Å². The Bertz CT molecular complexity index is 1180. The van der Waals surface area contributed by atoms with Crippen LogP contribution in [0.1, 0.15) is 111 Å². The van der Waals surface area contributed by atoms with Crippen LogP contribution in [0, 0.1) is 0 Å². The highest BCUT2D eigenvalue weighted by Gasteiger charge is 2.11. The van der Waals surface area contributed by atoms with Crippen molar-refractivity contribution >= 4 is 34.1 Å². The monoisotopic (exact) mass is 731 g/mol. The Labute approximate surface area is 335 Å². The van der Waals surface area contributed by atoms with Gasteiger partial charge in [-0.2, -0.15) is 0 Å². The third-order valence-corrected chi connectivity index (χ3v) is 6.09. The molecule has 0 aliphatic rings. The normalized spacial score (nSPS) is 8.11. The predicted octanol–water partition coefficient (Wildman–Crippen LogP) is 18.5. The van der Waals surface area contributed by atoms with Gasteiger partial charge in [0.1, 0.15) is 0 Å². The first kappa shape index (κ1) is 55.7. The average molecular weight is 731 g/mol. The molecule has 2 heteroatoms. The van der Waals surface area contributed by atoms with Gasteiger partial charge in [0.15, 0.2) is 0 Å². The fraction of sp³-hybridized carbons (Fsp3) is 0.308. The lowest BCUT2D eigenvalue weighted by Crippen LogP contribution is -2.09. The Morgan fingerprint density at radius 1 is 0.241 bits per heavy atom. The van der Waals surface area contributed by atoms with Crippen LogP contribution in [-0.4, -0.2) is 0 Å². The molecule has 0 saturated heterocycles. The van der Waals surface area contributed by atoms with E-state index in [1.807, 2.05) is 119 Å². The Kier molecular flexibility index (Phi) is 43.6. The lowest BCUT2D eigenvalue weighted by Gasteiger charge is -2.25. The van der Waals surface area contributed by atoms with Gasteiger partial charge in [-0.05, 0) is 72.8 Å². The fourth-order valence-electron chi connectivity index (χ4n) is 4.36. The summed E-state index contributed by atoms with van der Waals surface area (Å²) in [7, 11) is 0. The molecule has 0 radical (unpaired) electrons. The largest absolute Gasteiger partial charge is 0.311 e. The first-order valence-corrected chi connectivity index (χ1v) is 20.2. The minimum Gasteiger partial charge on any atom is -0.311 e. The molecule has 0 unspecified atom stereocenters. The minimum absolute atomic E-state index is 0. The Hall–Kier alpha value is -5.08. The number of rotatable bonds is 6. The third kappa shape index (κ3) is 22.1. The third-order valence-electron chi connectivity index (χ3n) is 6.09. The van der Waals surface area contributed by atoms with Crippen LogP contribution in [0.25, 0.3) is 0 Å². The second-order valence-electron chi connectivity index (χ2n) is 9.39. The zero-order chi connectivity index (χ0) is 40.5. The quantitative estimate of drug-likeness (QED) is 0.168. The summed E-state index contributed by atoms with van der Waals surface area (Å²) in [4.78, 5) is 4.50. The molecule has 0 heterocycles. The Morgan fingerprint density at radius 2 is 0.333 bits per heavy atom. The van der Waals surface area contributed by atoms with Crippen LogP contribution in [0.5, 0.6) is 0 Å². The summed E-state index contributed by atoms with van der Waals surface area (Å²) in [6.07, 6.45) is 1.25. The van der Waals surface area contributed by atoms with Crippen LogP contribution in [0.3, 0.4) is 0 Å². The van der Waals surface area contributed by atoms with E-state index in [9.17, 15) is 0 Å². The number of hydrogen-bond acceptors (Lipinski definition) is 2. The van der Waals surface area contributed by atoms with Crippen LogP contribution < -0.4 is 9.80 Å². The number of nitrogens with zero attached hydrogens (tertiary/aromatic N) is 2. The summed E-state index contributed by atoms with van der Waals surface area (Å²) in [6.45, 7) is 28.2. The highest BCUT2D eigenvalue weighted by Crippen LogP contribution is 2.34. The van der Waals surface area contributed by atoms with Crippen molar-refractivity contribution in [3.05, 3.63) is 182 Å². The molecule has 2 nitrogen and oxygen atoms in total. The Balaban J connectivity index is -0.000000339. The number of para-hydroxylation sites is 6. The van der Waals surface area contributed by atoms with Crippen LogP contribution in [0.4, 0.5) is 34.1 Å². The molecule has 0 amide bonds. The van der Waals surface area contributed by atoms with E-state index in [0.29, 0.717) is 0 Å². The summed E-state index contributed by atoms with van der Waals surface area (Å²) < 4.78 is 0. The molecule has 0 fully saturated rings. The highest BCUT2D eigenvalue weighted by molar-refractivity contribution is 5.77. The van der Waals surface area contributed by atoms with Crippen molar-refractivity contribution < 1.29 is 0 Å². The zero-order valence-electron chi connectivity index (χ0n) is 35.9. The number of anilines is 6. The maximum Gasteiger partial charge on any atom is 0.0461 e. The first-order chi connectivity index (χ1) is 26.3. The van der Waals surface area contributed by atoms with Gasteiger partial charge in [0.25, 0.3) is 0 Å². The molecule has 0 aliphatic carbocycles. The topological polar surface area (TPSA) is 6.48 Å². The van der Waals surface area contributed by atoms with E-state index < -0.39 is 0 Å². The van der Waals surface area contributed by atoms with E-state index in [1.165, 1.54) is 40.5 Å². The molecule has 0 aromatic heterocycles. The van der Waals surface area contributed by atoms with Gasteiger partial charge in [-0.15, -0.1) is 0 Å². The van der Waals surface area contributed by atoms with Gasteiger partial charge in [0.05, 0.1) is 0 Å². The SMILES string of the molecule is C.CC.CC.CC.CC.CC.CC.CCC.c1ccc(N(c2ccccc2)c2ccccc2)cc1.c1ccc(N(c2ccccc2)c2ccccc2)cc1. The van der Waals surface area contributed by atoms with Crippen LogP contribution >= 0.6 is 0 Å². The average Bonchev–Trinajstić information content (AvgIpc) is 3.28. The molecule has 0 atom stereocenters. The molecular weight excluding hydrogens is 653 g/mol. The molecule has 6 rings (SSSR count). The molecule has 0 saturated carbocycles. The second-order valence-corrected chi connectivity index (χ2v) is 9.39. The van der Waals surface area contributed by atoms with Gasteiger partial charge in [-0.1, -0.05) is 220 Å². The van der Waals surface area contributed by atoms with Gasteiger partial charge in [0.2, 0.25) is 0 Å². The number of hydrogen-bond donors (Lipinski definition) is 0. The van der Waals surface area contributed by atoms with Crippen molar-refractivity contribution in [3.63, 3.8) is 0 Å².